The van der Waals surface area contributed by atoms with Crippen molar-refractivity contribution in [2.24, 2.45) is 0 Å². The Bertz CT molecular complexity index is 496. The van der Waals surface area contributed by atoms with Crippen LogP contribution in [0.1, 0.15) is 13.3 Å². The maximum Gasteiger partial charge on any atom is 0.184 e. The van der Waals surface area contributed by atoms with Gasteiger partial charge in [0.05, 0.1) is 0 Å². The van der Waals surface area contributed by atoms with Crippen LogP contribution in [0.3, 0.4) is 0 Å². The van der Waals surface area contributed by atoms with Crippen LogP contribution in [0.5, 0.6) is 5.75 Å². The summed E-state index contributed by atoms with van der Waals surface area (Å²) in [5.41, 5.74) is 1.08. The van der Waals surface area contributed by atoms with E-state index in [2.05, 4.69) is 11.1 Å². The molecule has 0 amide bonds. The maximum absolute atomic E-state index is 8.78. The van der Waals surface area contributed by atoms with Gasteiger partial charge in [-0.1, -0.05) is 6.92 Å². The molecule has 1 heterocycles. The second kappa shape index (κ2) is 4.05. The summed E-state index contributed by atoms with van der Waals surface area (Å²) < 4.78 is 5.52. The molecule has 0 aliphatic heterocycles. The number of H-pyrrole nitrogens is 1. The lowest BCUT2D eigenvalue weighted by molar-refractivity contribution is 0.252. The Balaban J connectivity index is 2.25. The van der Waals surface area contributed by atoms with Crippen molar-refractivity contribution < 1.29 is 4.74 Å². The van der Waals surface area contributed by atoms with E-state index < -0.39 is 0 Å². The molecule has 15 heavy (non-hydrogen) atoms. The van der Waals surface area contributed by atoms with Gasteiger partial charge in [-0.15, -0.1) is 0 Å². The summed E-state index contributed by atoms with van der Waals surface area (Å²) in [5, 5.41) is 9.88. The molecule has 0 saturated heterocycles. The highest BCUT2D eigenvalue weighted by atomic mass is 16.5. The number of benzene rings is 1. The summed E-state index contributed by atoms with van der Waals surface area (Å²) in [6.07, 6.45) is 2.22. The standard InChI is InChI=1S/C12H12N2O/c1-2-10(8-13)15-11-3-4-12-9(7-11)5-6-14-12/h3-7,10,14H,2H2,1H3. The Morgan fingerprint density at radius 3 is 3.07 bits per heavy atom. The van der Waals surface area contributed by atoms with E-state index in [0.29, 0.717) is 6.42 Å². The number of nitrogens with one attached hydrogen (secondary N) is 1. The molecule has 0 radical (unpaired) electrons. The van der Waals surface area contributed by atoms with Crippen LogP contribution in [0, 0.1) is 11.3 Å². The fraction of sp³-hybridized carbons (Fsp3) is 0.250. The monoisotopic (exact) mass is 200 g/mol. The molecular formula is C12H12N2O. The van der Waals surface area contributed by atoms with Crippen LogP contribution in [0.2, 0.25) is 0 Å². The summed E-state index contributed by atoms with van der Waals surface area (Å²) >= 11 is 0. The minimum Gasteiger partial charge on any atom is -0.476 e. The lowest BCUT2D eigenvalue weighted by Gasteiger charge is -2.09. The van der Waals surface area contributed by atoms with E-state index in [1.807, 2.05) is 37.4 Å². The highest BCUT2D eigenvalue weighted by Gasteiger charge is 2.06. The third-order valence-electron chi connectivity index (χ3n) is 2.32. The molecule has 1 unspecified atom stereocenters. The van der Waals surface area contributed by atoms with Crippen LogP contribution in [0.25, 0.3) is 10.9 Å². The number of aromatic amines is 1. The third-order valence-corrected chi connectivity index (χ3v) is 2.32. The van der Waals surface area contributed by atoms with Crippen LogP contribution in [0.15, 0.2) is 30.5 Å². The van der Waals surface area contributed by atoms with Gasteiger partial charge in [0.2, 0.25) is 0 Å². The van der Waals surface area contributed by atoms with E-state index in [1.165, 1.54) is 0 Å². The molecule has 3 nitrogen and oxygen atoms in total. The third kappa shape index (κ3) is 1.94. The van der Waals surface area contributed by atoms with Crippen LogP contribution in [-0.2, 0) is 0 Å². The van der Waals surface area contributed by atoms with Gasteiger partial charge in [0, 0.05) is 17.1 Å². The topological polar surface area (TPSA) is 48.8 Å². The number of hydrogen-bond acceptors (Lipinski definition) is 2. The Hall–Kier alpha value is -1.95. The smallest absolute Gasteiger partial charge is 0.184 e. The molecule has 0 fully saturated rings. The van der Waals surface area contributed by atoms with Gasteiger partial charge in [-0.2, -0.15) is 5.26 Å². The van der Waals surface area contributed by atoms with Crippen molar-refractivity contribution in [2.45, 2.75) is 19.4 Å². The quantitative estimate of drug-likeness (QED) is 0.828. The first-order valence-electron chi connectivity index (χ1n) is 4.97. The Morgan fingerprint density at radius 1 is 1.47 bits per heavy atom. The zero-order chi connectivity index (χ0) is 10.7. The number of aromatic nitrogens is 1. The largest absolute Gasteiger partial charge is 0.476 e. The van der Waals surface area contributed by atoms with E-state index in [9.17, 15) is 0 Å². The zero-order valence-electron chi connectivity index (χ0n) is 8.53. The summed E-state index contributed by atoms with van der Waals surface area (Å²) in [6, 6.07) is 9.86. The second-order valence-corrected chi connectivity index (χ2v) is 3.37. The minimum atomic E-state index is -0.360. The molecule has 0 spiro atoms. The summed E-state index contributed by atoms with van der Waals surface area (Å²) in [7, 11) is 0. The van der Waals surface area contributed by atoms with Crippen molar-refractivity contribution in [3.63, 3.8) is 0 Å². The van der Waals surface area contributed by atoms with Gasteiger partial charge < -0.3 is 9.72 Å². The normalized spacial score (nSPS) is 12.3. The fourth-order valence-electron chi connectivity index (χ4n) is 1.47. The van der Waals surface area contributed by atoms with Crippen LogP contribution in [-0.4, -0.2) is 11.1 Å². The molecule has 1 aromatic carbocycles. The number of ether oxygens (including phenoxy) is 1. The van der Waals surface area contributed by atoms with Gasteiger partial charge >= 0.3 is 0 Å². The summed E-state index contributed by atoms with van der Waals surface area (Å²) in [4.78, 5) is 3.11. The van der Waals surface area contributed by atoms with Crippen molar-refractivity contribution in [3.8, 4) is 11.8 Å². The van der Waals surface area contributed by atoms with Gasteiger partial charge in [-0.3, -0.25) is 0 Å². The average molecular weight is 200 g/mol. The first kappa shape index (κ1) is 9.60. The molecule has 1 atom stereocenters. The lowest BCUT2D eigenvalue weighted by atomic mass is 10.2. The predicted octanol–water partition coefficient (Wildman–Crippen LogP) is 2.85. The van der Waals surface area contributed by atoms with E-state index in [-0.39, 0.29) is 6.10 Å². The van der Waals surface area contributed by atoms with Gasteiger partial charge in [0.25, 0.3) is 0 Å². The van der Waals surface area contributed by atoms with Crippen molar-refractivity contribution in [3.05, 3.63) is 30.5 Å². The summed E-state index contributed by atoms with van der Waals surface area (Å²) in [5.74, 6) is 0.746. The van der Waals surface area contributed by atoms with Crippen LogP contribution < -0.4 is 4.74 Å². The number of fused-ring (bicyclic) bond motifs is 1. The first-order chi connectivity index (χ1) is 7.33. The molecule has 2 rings (SSSR count). The fourth-order valence-corrected chi connectivity index (χ4v) is 1.47. The minimum absolute atomic E-state index is 0.360. The Kier molecular flexibility index (Phi) is 2.59. The zero-order valence-corrected chi connectivity index (χ0v) is 8.53. The molecule has 0 aliphatic carbocycles. The molecule has 76 valence electrons. The van der Waals surface area contributed by atoms with Gasteiger partial charge in [-0.25, -0.2) is 0 Å². The molecule has 0 aliphatic rings. The number of nitriles is 1. The van der Waals surface area contributed by atoms with Gasteiger partial charge in [0.15, 0.2) is 6.10 Å². The Labute approximate surface area is 88.3 Å². The summed E-state index contributed by atoms with van der Waals surface area (Å²) in [6.45, 7) is 1.93. The molecular weight excluding hydrogens is 188 g/mol. The number of nitrogens with zero attached hydrogens (tertiary/aromatic N) is 1. The molecule has 1 N–H and O–H groups in total. The van der Waals surface area contributed by atoms with E-state index >= 15 is 0 Å². The van der Waals surface area contributed by atoms with Crippen molar-refractivity contribution >= 4 is 10.9 Å². The van der Waals surface area contributed by atoms with E-state index in [0.717, 1.165) is 16.7 Å². The number of hydrogen-bond donors (Lipinski definition) is 1. The molecule has 2 aromatic rings. The number of rotatable bonds is 3. The van der Waals surface area contributed by atoms with Crippen molar-refractivity contribution in [2.75, 3.05) is 0 Å². The molecule has 0 saturated carbocycles. The maximum atomic E-state index is 8.78. The average Bonchev–Trinajstić information content (AvgIpc) is 2.73. The first-order valence-corrected chi connectivity index (χ1v) is 4.97. The van der Waals surface area contributed by atoms with Crippen LogP contribution in [0.4, 0.5) is 0 Å². The Morgan fingerprint density at radius 2 is 2.33 bits per heavy atom. The highest BCUT2D eigenvalue weighted by molar-refractivity contribution is 5.80. The van der Waals surface area contributed by atoms with E-state index in [4.69, 9.17) is 10.00 Å². The SMILES string of the molecule is CCC(C#N)Oc1ccc2[nH]ccc2c1. The second-order valence-electron chi connectivity index (χ2n) is 3.37. The van der Waals surface area contributed by atoms with Crippen LogP contribution >= 0.6 is 0 Å². The van der Waals surface area contributed by atoms with Crippen molar-refractivity contribution in [1.82, 2.24) is 4.98 Å². The highest BCUT2D eigenvalue weighted by Crippen LogP contribution is 2.20. The predicted molar refractivity (Wildman–Crippen MR) is 58.6 cm³/mol. The van der Waals surface area contributed by atoms with Crippen molar-refractivity contribution in [1.29, 1.82) is 5.26 Å². The van der Waals surface area contributed by atoms with E-state index in [1.54, 1.807) is 0 Å². The van der Waals surface area contributed by atoms with Gasteiger partial charge in [0.1, 0.15) is 11.8 Å². The molecule has 1 aromatic heterocycles. The molecule has 0 bridgehead atoms. The van der Waals surface area contributed by atoms with Gasteiger partial charge in [-0.05, 0) is 30.7 Å². The molecule has 3 heteroatoms. The lowest BCUT2D eigenvalue weighted by Crippen LogP contribution is -2.11.